The summed E-state index contributed by atoms with van der Waals surface area (Å²) in [5.41, 5.74) is 2.56. The number of anilines is 1. The van der Waals surface area contributed by atoms with Crippen molar-refractivity contribution in [2.45, 2.75) is 26.7 Å². The Hall–Kier alpha value is -0.350. The van der Waals surface area contributed by atoms with Crippen molar-refractivity contribution in [3.8, 4) is 0 Å². The van der Waals surface area contributed by atoms with Gasteiger partial charge in [0.2, 0.25) is 0 Å². The Morgan fingerprint density at radius 1 is 1.39 bits per heavy atom. The molecular formula is C13H19IN3P. The quantitative estimate of drug-likeness (QED) is 0.549. The molecule has 0 amide bonds. The number of hydrogen-bond donors (Lipinski definition) is 0. The van der Waals surface area contributed by atoms with E-state index in [0.717, 1.165) is 13.1 Å². The minimum atomic E-state index is 0.657. The molecule has 0 N–H and O–H groups in total. The van der Waals surface area contributed by atoms with Gasteiger partial charge < -0.3 is 4.90 Å². The van der Waals surface area contributed by atoms with Gasteiger partial charge in [0.1, 0.15) is 0 Å². The van der Waals surface area contributed by atoms with E-state index in [4.69, 9.17) is 0 Å². The Morgan fingerprint density at radius 2 is 2.22 bits per heavy atom. The summed E-state index contributed by atoms with van der Waals surface area (Å²) in [7, 11) is 0. The van der Waals surface area contributed by atoms with E-state index in [2.05, 4.69) is 68.5 Å². The summed E-state index contributed by atoms with van der Waals surface area (Å²) in [5, 5.41) is 5.64. The van der Waals surface area contributed by atoms with Crippen molar-refractivity contribution in [2.75, 3.05) is 18.0 Å². The summed E-state index contributed by atoms with van der Waals surface area (Å²) in [6, 6.07) is 6.66. The van der Waals surface area contributed by atoms with Gasteiger partial charge in [-0.2, -0.15) is 5.10 Å². The Morgan fingerprint density at radius 3 is 2.89 bits per heavy atom. The molecule has 0 radical (unpaired) electrons. The Kier molecular flexibility index (Phi) is 5.25. The molecule has 0 aliphatic heterocycles. The zero-order valence-electron chi connectivity index (χ0n) is 10.9. The van der Waals surface area contributed by atoms with Crippen molar-refractivity contribution >= 4 is 45.0 Å². The van der Waals surface area contributed by atoms with Crippen LogP contribution in [0.5, 0.6) is 0 Å². The summed E-state index contributed by atoms with van der Waals surface area (Å²) in [6.07, 6.45) is 5.10. The van der Waals surface area contributed by atoms with Gasteiger partial charge in [-0.3, -0.25) is 0 Å². The molecule has 1 atom stereocenters. The highest BCUT2D eigenvalue weighted by molar-refractivity contribution is 14.2. The summed E-state index contributed by atoms with van der Waals surface area (Å²) < 4.78 is 2.08. The first kappa shape index (κ1) is 14.1. The minimum absolute atomic E-state index is 0.657. The number of rotatable bonds is 6. The van der Waals surface area contributed by atoms with E-state index in [9.17, 15) is 0 Å². The van der Waals surface area contributed by atoms with Gasteiger partial charge in [0.15, 0.2) is 0 Å². The number of aromatic nitrogens is 2. The zero-order chi connectivity index (χ0) is 13.0. The molecular weight excluding hydrogens is 356 g/mol. The molecule has 1 unspecified atom stereocenters. The van der Waals surface area contributed by atoms with Crippen LogP contribution >= 0.6 is 28.4 Å². The van der Waals surface area contributed by atoms with E-state index >= 15 is 0 Å². The fraction of sp³-hybridized carbons (Fsp3) is 0.462. The third-order valence-electron chi connectivity index (χ3n) is 3.16. The maximum absolute atomic E-state index is 4.41. The predicted molar refractivity (Wildman–Crippen MR) is 90.3 cm³/mol. The van der Waals surface area contributed by atoms with Gasteiger partial charge in [0, 0.05) is 24.2 Å². The predicted octanol–water partition coefficient (Wildman–Crippen LogP) is 4.45. The van der Waals surface area contributed by atoms with Crippen LogP contribution in [0, 0.1) is 0 Å². The molecule has 0 fully saturated rings. The van der Waals surface area contributed by atoms with E-state index in [1.807, 2.05) is 6.20 Å². The molecule has 0 saturated heterocycles. The average molecular weight is 375 g/mol. The fourth-order valence-electron chi connectivity index (χ4n) is 2.09. The number of halogens is 1. The smallest absolute Gasteiger partial charge is 0.0750 e. The summed E-state index contributed by atoms with van der Waals surface area (Å²) >= 11 is 2.37. The van der Waals surface area contributed by atoms with Gasteiger partial charge in [0.25, 0.3) is 0 Å². The highest BCUT2D eigenvalue weighted by atomic mass is 127. The fourth-order valence-corrected chi connectivity index (χ4v) is 3.63. The van der Waals surface area contributed by atoms with Gasteiger partial charge in [-0.05, 0) is 53.6 Å². The summed E-state index contributed by atoms with van der Waals surface area (Å²) in [5.74, 6) is 0. The third kappa shape index (κ3) is 2.97. The molecule has 0 spiro atoms. The van der Waals surface area contributed by atoms with Crippen LogP contribution in [0.15, 0.2) is 24.4 Å². The van der Waals surface area contributed by atoms with Crippen molar-refractivity contribution < 1.29 is 0 Å². The first-order valence-electron chi connectivity index (χ1n) is 6.39. The molecule has 3 nitrogen and oxygen atoms in total. The van der Waals surface area contributed by atoms with Gasteiger partial charge in [-0.25, -0.2) is 4.45 Å². The number of hydrogen-bond acceptors (Lipinski definition) is 2. The lowest BCUT2D eigenvalue weighted by Gasteiger charge is -2.23. The lowest BCUT2D eigenvalue weighted by Crippen LogP contribution is -2.23. The molecule has 0 saturated carbocycles. The van der Waals surface area contributed by atoms with Crippen LogP contribution < -0.4 is 4.90 Å². The molecule has 2 aromatic rings. The Balaban J connectivity index is 2.31. The molecule has 18 heavy (non-hydrogen) atoms. The molecule has 1 aromatic heterocycles. The first-order chi connectivity index (χ1) is 8.80. The van der Waals surface area contributed by atoms with Crippen molar-refractivity contribution in [1.82, 2.24) is 9.55 Å². The largest absolute Gasteiger partial charge is 0.372 e. The van der Waals surface area contributed by atoms with Crippen LogP contribution in [0.1, 0.15) is 26.7 Å². The van der Waals surface area contributed by atoms with Crippen LogP contribution in [0.4, 0.5) is 5.69 Å². The molecule has 0 aliphatic rings. The number of unbranched alkanes of at least 4 members (excludes halogenated alkanes) is 1. The monoisotopic (exact) mass is 375 g/mol. The van der Waals surface area contributed by atoms with E-state index in [1.54, 1.807) is 0 Å². The van der Waals surface area contributed by atoms with Gasteiger partial charge in [-0.1, -0.05) is 13.3 Å². The van der Waals surface area contributed by atoms with Crippen LogP contribution in [0.3, 0.4) is 0 Å². The molecule has 0 aliphatic carbocycles. The number of benzene rings is 1. The van der Waals surface area contributed by atoms with E-state index in [0.29, 0.717) is 6.37 Å². The van der Waals surface area contributed by atoms with Crippen molar-refractivity contribution in [2.24, 2.45) is 0 Å². The molecule has 2 rings (SSSR count). The molecule has 1 aromatic carbocycles. The van der Waals surface area contributed by atoms with E-state index < -0.39 is 0 Å². The van der Waals surface area contributed by atoms with Gasteiger partial charge >= 0.3 is 0 Å². The second kappa shape index (κ2) is 6.71. The van der Waals surface area contributed by atoms with E-state index in [1.165, 1.54) is 29.4 Å². The van der Waals surface area contributed by atoms with Crippen LogP contribution in [0.2, 0.25) is 0 Å². The highest BCUT2D eigenvalue weighted by Crippen LogP contribution is 2.30. The molecule has 0 bridgehead atoms. The Bertz CT molecular complexity index is 512. The summed E-state index contributed by atoms with van der Waals surface area (Å²) in [6.45, 7) is 6.66. The minimum Gasteiger partial charge on any atom is -0.372 e. The molecule has 98 valence electrons. The lowest BCUT2D eigenvalue weighted by molar-refractivity contribution is 0.732. The summed E-state index contributed by atoms with van der Waals surface area (Å²) in [4.78, 5) is 2.44. The van der Waals surface area contributed by atoms with Crippen LogP contribution in [-0.4, -0.2) is 22.6 Å². The number of fused-ring (bicyclic) bond motifs is 1. The SMILES string of the molecule is CCCCN(CC)c1ccc2cnn(PI)c2c1. The van der Waals surface area contributed by atoms with Gasteiger partial charge in [-0.15, -0.1) is 0 Å². The topological polar surface area (TPSA) is 21.1 Å². The maximum Gasteiger partial charge on any atom is 0.0750 e. The van der Waals surface area contributed by atoms with Crippen molar-refractivity contribution in [1.29, 1.82) is 0 Å². The maximum atomic E-state index is 4.41. The average Bonchev–Trinajstić information content (AvgIpc) is 2.82. The standard InChI is InChI=1S/C13H19IN3P/c1-3-5-8-16(4-2)12-7-6-11-10-15-17(18-14)13(11)9-12/h6-7,9-10,18H,3-5,8H2,1-2H3. The van der Waals surface area contributed by atoms with Crippen LogP contribution in [-0.2, 0) is 0 Å². The molecule has 1 heterocycles. The normalized spacial score (nSPS) is 11.7. The Labute approximate surface area is 123 Å². The van der Waals surface area contributed by atoms with Gasteiger partial charge in [0.05, 0.1) is 18.1 Å². The second-order valence-electron chi connectivity index (χ2n) is 4.32. The van der Waals surface area contributed by atoms with Crippen LogP contribution in [0.25, 0.3) is 10.9 Å². The lowest BCUT2D eigenvalue weighted by atomic mass is 10.2. The highest BCUT2D eigenvalue weighted by Gasteiger charge is 2.07. The third-order valence-corrected chi connectivity index (χ3v) is 5.05. The number of nitrogens with zero attached hydrogens (tertiary/aromatic N) is 3. The second-order valence-corrected chi connectivity index (χ2v) is 6.36. The van der Waals surface area contributed by atoms with E-state index in [-0.39, 0.29) is 0 Å². The molecule has 5 heteroatoms. The van der Waals surface area contributed by atoms with Crippen molar-refractivity contribution in [3.63, 3.8) is 0 Å². The zero-order valence-corrected chi connectivity index (χ0v) is 14.0. The van der Waals surface area contributed by atoms with Crippen molar-refractivity contribution in [3.05, 3.63) is 24.4 Å². The first-order valence-corrected chi connectivity index (χ1v) is 10.5.